The number of methoxy groups -OCH3 is 1. The molecule has 0 bridgehead atoms. The fourth-order valence-electron chi connectivity index (χ4n) is 3.45. The fourth-order valence-corrected chi connectivity index (χ4v) is 5.33. The Balaban J connectivity index is 1.86. The molecule has 0 spiro atoms. The highest BCUT2D eigenvalue weighted by molar-refractivity contribution is 7.18. The number of aryl methyl sites for hydroxylation is 3. The first-order valence-corrected chi connectivity index (χ1v) is 10.2. The van der Waals surface area contributed by atoms with Gasteiger partial charge in [0.25, 0.3) is 5.56 Å². The van der Waals surface area contributed by atoms with Crippen molar-refractivity contribution in [2.75, 3.05) is 7.11 Å². The van der Waals surface area contributed by atoms with Crippen molar-refractivity contribution in [3.63, 3.8) is 0 Å². The summed E-state index contributed by atoms with van der Waals surface area (Å²) < 4.78 is 6.66. The summed E-state index contributed by atoms with van der Waals surface area (Å²) in [5.41, 5.74) is 1.60. The summed E-state index contributed by atoms with van der Waals surface area (Å²) in [7, 11) is 1.52. The molecule has 0 N–H and O–H groups in total. The first-order chi connectivity index (χ1) is 13.0. The monoisotopic (exact) mass is 421 g/mol. The second-order valence-electron chi connectivity index (χ2n) is 6.42. The maximum absolute atomic E-state index is 13.1. The topological polar surface area (TPSA) is 56.5 Å². The number of halogens is 2. The van der Waals surface area contributed by atoms with E-state index in [-0.39, 0.29) is 5.56 Å². The predicted octanol–water partition coefficient (Wildman–Crippen LogP) is 4.84. The Morgan fingerprint density at radius 3 is 2.85 bits per heavy atom. The third kappa shape index (κ3) is 3.26. The summed E-state index contributed by atoms with van der Waals surface area (Å²) >= 11 is 13.9. The number of hydrogen-bond donors (Lipinski definition) is 0. The molecule has 1 aliphatic rings. The van der Waals surface area contributed by atoms with Crippen molar-refractivity contribution in [1.29, 1.82) is 0 Å². The van der Waals surface area contributed by atoms with Gasteiger partial charge in [-0.3, -0.25) is 4.79 Å². The molecule has 4 rings (SSSR count). The van der Waals surface area contributed by atoms with Crippen molar-refractivity contribution >= 4 is 51.0 Å². The number of benzene rings is 1. The van der Waals surface area contributed by atoms with Crippen LogP contribution in [0.1, 0.15) is 34.7 Å². The van der Waals surface area contributed by atoms with Gasteiger partial charge in [-0.1, -0.05) is 23.2 Å². The standard InChI is InChI=1S/C19H17Cl2N3O2S/c1-10-23-18-16(13-5-3-4-6-15(13)27-18)19(25)24(10)22-9-11-7-12(20)8-14(21)17(11)26-2/h7-9H,3-6H2,1-2H3/b22-9-. The van der Waals surface area contributed by atoms with Gasteiger partial charge < -0.3 is 4.74 Å². The minimum atomic E-state index is -0.139. The van der Waals surface area contributed by atoms with Gasteiger partial charge >= 0.3 is 0 Å². The first-order valence-electron chi connectivity index (χ1n) is 8.61. The van der Waals surface area contributed by atoms with Crippen molar-refractivity contribution in [2.24, 2.45) is 5.10 Å². The lowest BCUT2D eigenvalue weighted by atomic mass is 9.97. The molecule has 27 heavy (non-hydrogen) atoms. The zero-order valence-electron chi connectivity index (χ0n) is 14.9. The number of fused-ring (bicyclic) bond motifs is 3. The van der Waals surface area contributed by atoms with E-state index >= 15 is 0 Å². The second kappa shape index (κ2) is 7.26. The van der Waals surface area contributed by atoms with E-state index in [0.717, 1.165) is 29.7 Å². The summed E-state index contributed by atoms with van der Waals surface area (Å²) in [4.78, 5) is 19.8. The Hall–Kier alpha value is -1.89. The van der Waals surface area contributed by atoms with E-state index in [4.69, 9.17) is 27.9 Å². The van der Waals surface area contributed by atoms with Crippen LogP contribution in [0.25, 0.3) is 10.2 Å². The van der Waals surface area contributed by atoms with Crippen LogP contribution >= 0.6 is 34.5 Å². The molecule has 8 heteroatoms. The SMILES string of the molecule is COc1c(Cl)cc(Cl)cc1/C=N\n1c(C)nc2sc3c(c2c1=O)CCCC3. The molecule has 0 radical (unpaired) electrons. The molecule has 2 heterocycles. The maximum Gasteiger partial charge on any atom is 0.283 e. The molecule has 0 unspecified atom stereocenters. The van der Waals surface area contributed by atoms with Gasteiger partial charge in [-0.05, 0) is 50.3 Å². The fraction of sp³-hybridized carbons (Fsp3) is 0.316. The van der Waals surface area contributed by atoms with Crippen LogP contribution < -0.4 is 10.3 Å². The molecule has 5 nitrogen and oxygen atoms in total. The zero-order valence-corrected chi connectivity index (χ0v) is 17.2. The van der Waals surface area contributed by atoms with Crippen LogP contribution in [0.4, 0.5) is 0 Å². The molecule has 0 fully saturated rings. The molecule has 0 atom stereocenters. The van der Waals surface area contributed by atoms with Crippen molar-refractivity contribution in [3.05, 3.63) is 54.4 Å². The van der Waals surface area contributed by atoms with Gasteiger partial charge in [-0.15, -0.1) is 11.3 Å². The lowest BCUT2D eigenvalue weighted by Gasteiger charge is -2.10. The van der Waals surface area contributed by atoms with Crippen molar-refractivity contribution in [1.82, 2.24) is 9.66 Å². The van der Waals surface area contributed by atoms with Gasteiger partial charge in [-0.25, -0.2) is 4.98 Å². The van der Waals surface area contributed by atoms with Gasteiger partial charge in [0.05, 0.1) is 23.7 Å². The Morgan fingerprint density at radius 1 is 1.30 bits per heavy atom. The van der Waals surface area contributed by atoms with Gasteiger partial charge in [0.2, 0.25) is 0 Å². The van der Waals surface area contributed by atoms with Crippen LogP contribution in [0.2, 0.25) is 10.0 Å². The highest BCUT2D eigenvalue weighted by Gasteiger charge is 2.21. The number of nitrogens with zero attached hydrogens (tertiary/aromatic N) is 3. The van der Waals surface area contributed by atoms with E-state index in [0.29, 0.717) is 32.6 Å². The quantitative estimate of drug-likeness (QED) is 0.568. The van der Waals surface area contributed by atoms with Crippen molar-refractivity contribution < 1.29 is 4.74 Å². The molecule has 0 amide bonds. The van der Waals surface area contributed by atoms with Gasteiger partial charge in [-0.2, -0.15) is 9.78 Å². The van der Waals surface area contributed by atoms with Crippen LogP contribution in [0.15, 0.2) is 22.0 Å². The predicted molar refractivity (Wildman–Crippen MR) is 111 cm³/mol. The first kappa shape index (κ1) is 18.5. The average molecular weight is 422 g/mol. The molecule has 0 aliphatic heterocycles. The summed E-state index contributed by atoms with van der Waals surface area (Å²) in [5.74, 6) is 0.993. The summed E-state index contributed by atoms with van der Waals surface area (Å²) in [6, 6.07) is 3.29. The smallest absolute Gasteiger partial charge is 0.283 e. The lowest BCUT2D eigenvalue weighted by molar-refractivity contribution is 0.414. The molecule has 0 saturated heterocycles. The highest BCUT2D eigenvalue weighted by Crippen LogP contribution is 2.34. The lowest BCUT2D eigenvalue weighted by Crippen LogP contribution is -2.21. The Labute approximate surface area is 170 Å². The number of rotatable bonds is 3. The number of thiophene rings is 1. The second-order valence-corrected chi connectivity index (χ2v) is 8.35. The molecule has 3 aromatic rings. The molecule has 1 aliphatic carbocycles. The Bertz CT molecular complexity index is 1130. The largest absolute Gasteiger partial charge is 0.495 e. The number of aromatic nitrogens is 2. The minimum Gasteiger partial charge on any atom is -0.495 e. The van der Waals surface area contributed by atoms with Gasteiger partial charge in [0.1, 0.15) is 16.4 Å². The van der Waals surface area contributed by atoms with E-state index < -0.39 is 0 Å². The zero-order chi connectivity index (χ0) is 19.1. The summed E-state index contributed by atoms with van der Waals surface area (Å²) in [6.45, 7) is 1.78. The summed E-state index contributed by atoms with van der Waals surface area (Å²) in [5, 5.41) is 5.92. The maximum atomic E-state index is 13.1. The molecule has 1 aromatic carbocycles. The minimum absolute atomic E-state index is 0.139. The van der Waals surface area contributed by atoms with E-state index in [9.17, 15) is 4.79 Å². The van der Waals surface area contributed by atoms with E-state index in [1.165, 1.54) is 29.3 Å². The van der Waals surface area contributed by atoms with Gasteiger partial charge in [0.15, 0.2) is 0 Å². The van der Waals surface area contributed by atoms with Crippen LogP contribution in [0.5, 0.6) is 5.75 Å². The molecular weight excluding hydrogens is 405 g/mol. The van der Waals surface area contributed by atoms with Crippen LogP contribution in [0.3, 0.4) is 0 Å². The molecule has 2 aromatic heterocycles. The molecule has 0 saturated carbocycles. The summed E-state index contributed by atoms with van der Waals surface area (Å²) in [6.07, 6.45) is 5.75. The van der Waals surface area contributed by atoms with E-state index in [2.05, 4.69) is 10.1 Å². The Kier molecular flexibility index (Phi) is 4.97. The van der Waals surface area contributed by atoms with E-state index in [1.807, 2.05) is 0 Å². The number of ether oxygens (including phenoxy) is 1. The van der Waals surface area contributed by atoms with Gasteiger partial charge in [0, 0.05) is 15.5 Å². The molecular formula is C19H17Cl2N3O2S. The number of hydrogen-bond acceptors (Lipinski definition) is 5. The van der Waals surface area contributed by atoms with Crippen LogP contribution in [-0.2, 0) is 12.8 Å². The molecule has 140 valence electrons. The third-order valence-electron chi connectivity index (χ3n) is 4.68. The van der Waals surface area contributed by atoms with Crippen LogP contribution in [-0.4, -0.2) is 23.0 Å². The normalized spacial score (nSPS) is 14.1. The highest BCUT2D eigenvalue weighted by atomic mass is 35.5. The third-order valence-corrected chi connectivity index (χ3v) is 6.37. The van der Waals surface area contributed by atoms with Crippen molar-refractivity contribution in [2.45, 2.75) is 32.6 Å². The van der Waals surface area contributed by atoms with E-state index in [1.54, 1.807) is 30.4 Å². The average Bonchev–Trinajstić information content (AvgIpc) is 2.99. The van der Waals surface area contributed by atoms with Crippen molar-refractivity contribution in [3.8, 4) is 5.75 Å². The Morgan fingerprint density at radius 2 is 2.07 bits per heavy atom. The van der Waals surface area contributed by atoms with Crippen LogP contribution in [0, 0.1) is 6.92 Å².